The molecule has 0 spiro atoms. The highest BCUT2D eigenvalue weighted by Gasteiger charge is 2.63. The van der Waals surface area contributed by atoms with Gasteiger partial charge < -0.3 is 15.3 Å². The van der Waals surface area contributed by atoms with Gasteiger partial charge in [0.25, 0.3) is 11.4 Å². The van der Waals surface area contributed by atoms with Crippen molar-refractivity contribution in [2.75, 3.05) is 0 Å². The summed E-state index contributed by atoms with van der Waals surface area (Å²) in [6.45, 7) is 0. The van der Waals surface area contributed by atoms with Gasteiger partial charge >= 0.3 is 5.97 Å². The molecule has 1 unspecified atom stereocenters. The van der Waals surface area contributed by atoms with Gasteiger partial charge in [0.2, 0.25) is 5.91 Å². The van der Waals surface area contributed by atoms with Crippen LogP contribution in [-0.2, 0) is 33.6 Å². The number of aliphatic carboxylic acids is 1. The Morgan fingerprint density at radius 3 is 1.70 bits per heavy atom. The van der Waals surface area contributed by atoms with E-state index in [1.165, 1.54) is 66.7 Å². The van der Waals surface area contributed by atoms with Gasteiger partial charge in [0.1, 0.15) is 10.6 Å². The Hall–Kier alpha value is -6.39. The number of carbonyl (C=O) groups is 2. The first kappa shape index (κ1) is 36.4. The second kappa shape index (κ2) is 14.0. The number of thioether (sulfide) groups is 1. The van der Waals surface area contributed by atoms with Crippen LogP contribution in [0.1, 0.15) is 52.6 Å². The number of β-lactam (4-membered cyclic amide) rings is 1. The van der Waals surface area contributed by atoms with Gasteiger partial charge in [-0.1, -0.05) is 60.3 Å². The quantitative estimate of drug-likeness (QED) is 0.0872. The van der Waals surface area contributed by atoms with Crippen LogP contribution in [0.15, 0.2) is 108 Å². The molecule has 1 saturated heterocycles. The number of carboxylic acid groups (broad SMARTS) is 1. The van der Waals surface area contributed by atoms with Crippen molar-refractivity contribution in [3.63, 3.8) is 0 Å². The van der Waals surface area contributed by atoms with E-state index in [-0.39, 0.29) is 70.8 Å². The lowest BCUT2D eigenvalue weighted by molar-refractivity contribution is -0.385. The van der Waals surface area contributed by atoms with Crippen molar-refractivity contribution in [2.45, 2.75) is 48.2 Å². The van der Waals surface area contributed by atoms with Crippen molar-refractivity contribution in [3.05, 3.63) is 161 Å². The van der Waals surface area contributed by atoms with Crippen molar-refractivity contribution >= 4 is 35.0 Å². The number of hydrogen-bond acceptors (Lipinski definition) is 11. The topological polar surface area (TPSA) is 232 Å². The molecule has 1 amide bonds. The van der Waals surface area contributed by atoms with Crippen LogP contribution in [0.5, 0.6) is 0 Å². The van der Waals surface area contributed by atoms with Crippen LogP contribution in [0.3, 0.4) is 0 Å². The first-order valence-electron chi connectivity index (χ1n) is 16.1. The summed E-state index contributed by atoms with van der Waals surface area (Å²) in [5.41, 5.74) is -2.41. The predicted molar refractivity (Wildman–Crippen MR) is 189 cm³/mol. The molecule has 266 valence electrons. The Bertz CT molecular complexity index is 2280. The third-order valence-corrected chi connectivity index (χ3v) is 10.9. The van der Waals surface area contributed by atoms with E-state index in [2.05, 4.69) is 0 Å². The van der Waals surface area contributed by atoms with Gasteiger partial charge in [0, 0.05) is 54.9 Å². The maximum atomic E-state index is 13.3. The van der Waals surface area contributed by atoms with Crippen LogP contribution >= 0.6 is 11.8 Å². The molecule has 3 N–H and O–H groups in total. The second-order valence-electron chi connectivity index (χ2n) is 13.0. The average Bonchev–Trinajstić information content (AvgIpc) is 3.38. The molecule has 14 nitrogen and oxygen atoms in total. The maximum absolute atomic E-state index is 13.3. The Labute approximate surface area is 306 Å². The molecule has 4 aromatic rings. The number of nitriles is 2. The molecule has 3 atom stereocenters. The van der Waals surface area contributed by atoms with Gasteiger partial charge in [-0.3, -0.25) is 29.9 Å². The van der Waals surface area contributed by atoms with Crippen LogP contribution in [-0.4, -0.2) is 46.8 Å². The minimum Gasteiger partial charge on any atom is -0.477 e. The summed E-state index contributed by atoms with van der Waals surface area (Å²) in [6, 6.07) is 27.5. The molecule has 0 aliphatic carbocycles. The molecular weight excluding hydrogens is 703 g/mol. The average molecular weight is 732 g/mol. The number of non-ortho nitro benzene ring substituents is 2. The van der Waals surface area contributed by atoms with Crippen molar-refractivity contribution in [3.8, 4) is 12.1 Å². The van der Waals surface area contributed by atoms with Crippen molar-refractivity contribution in [1.29, 1.82) is 10.5 Å². The predicted octanol–water partition coefficient (Wildman–Crippen LogP) is 5.56. The van der Waals surface area contributed by atoms with Crippen LogP contribution < -0.4 is 0 Å². The number of carboxylic acids is 1. The number of rotatable bonds is 13. The fraction of sp³-hybridized carbons (Fsp3) is 0.211. The zero-order valence-corrected chi connectivity index (χ0v) is 28.5. The molecular formula is C38H29N5O9S. The van der Waals surface area contributed by atoms with E-state index in [1.807, 2.05) is 12.1 Å². The third-order valence-electron chi connectivity index (χ3n) is 9.46. The first-order valence-corrected chi connectivity index (χ1v) is 16.9. The molecule has 15 heteroatoms. The standard InChI is InChI=1S/C38H29N5O9S/c39-21-26-3-1-5-28(15-26)36(47,17-24-7-11-30(12-8-24)42(49)50)19-32-34(35(45)46)41-33(44)20-38(41,53-32)23-37(48,29-6-2-4-27(16-29)22-40)18-25-9-13-31(14-10-25)43(51)52/h1-16,47-48H,17-20,23H2,(H,45,46)/t36-,37-,38?/m0/s1. The fourth-order valence-corrected chi connectivity index (χ4v) is 8.85. The molecule has 53 heavy (non-hydrogen) atoms. The van der Waals surface area contributed by atoms with E-state index in [0.717, 1.165) is 16.7 Å². The second-order valence-corrected chi connectivity index (χ2v) is 14.5. The fourth-order valence-electron chi connectivity index (χ4n) is 7.01. The maximum Gasteiger partial charge on any atom is 0.353 e. The van der Waals surface area contributed by atoms with Gasteiger partial charge in [0.05, 0.1) is 50.7 Å². The van der Waals surface area contributed by atoms with E-state index < -0.39 is 37.8 Å². The SMILES string of the molecule is N#Cc1cccc([C@@](O)(CC2=C(C(=O)O)N3C(=O)CC3(C[C@@](O)(Cc3ccc([N+](=O)[O-])cc3)c3cccc(C#N)c3)S2)Cc2ccc([N+](=O)[O-])cc2)c1. The van der Waals surface area contributed by atoms with Crippen molar-refractivity contribution < 1.29 is 34.8 Å². The molecule has 0 saturated carbocycles. The highest BCUT2D eigenvalue weighted by atomic mass is 32.2. The number of benzene rings is 4. The lowest BCUT2D eigenvalue weighted by atomic mass is 9.78. The number of hydrogen-bond donors (Lipinski definition) is 3. The van der Waals surface area contributed by atoms with E-state index in [0.29, 0.717) is 16.7 Å². The molecule has 6 rings (SSSR count). The molecule has 0 radical (unpaired) electrons. The highest BCUT2D eigenvalue weighted by Crippen LogP contribution is 2.61. The van der Waals surface area contributed by atoms with E-state index in [4.69, 9.17) is 0 Å². The number of nitro groups is 2. The molecule has 0 aromatic heterocycles. The Balaban J connectivity index is 1.41. The molecule has 2 heterocycles. The van der Waals surface area contributed by atoms with Gasteiger partial charge in [-0.15, -0.1) is 0 Å². The van der Waals surface area contributed by atoms with Gasteiger partial charge in [-0.2, -0.15) is 10.5 Å². The Morgan fingerprint density at radius 2 is 1.26 bits per heavy atom. The summed E-state index contributed by atoms with van der Waals surface area (Å²) in [7, 11) is 0. The highest BCUT2D eigenvalue weighted by molar-refractivity contribution is 8.04. The number of carbonyl (C=O) groups excluding carboxylic acids is 1. The van der Waals surface area contributed by atoms with Gasteiger partial charge in [0.15, 0.2) is 0 Å². The number of aliphatic hydroxyl groups is 2. The number of amides is 1. The summed E-state index contributed by atoms with van der Waals surface area (Å²) in [5, 5.41) is 77.4. The van der Waals surface area contributed by atoms with E-state index >= 15 is 0 Å². The number of fused-ring (bicyclic) bond motifs is 1. The minimum atomic E-state index is -1.88. The Morgan fingerprint density at radius 1 is 0.792 bits per heavy atom. The lowest BCUT2D eigenvalue weighted by Crippen LogP contribution is -2.61. The molecule has 4 aromatic carbocycles. The third kappa shape index (κ3) is 7.09. The summed E-state index contributed by atoms with van der Waals surface area (Å²) in [5.74, 6) is -1.98. The summed E-state index contributed by atoms with van der Waals surface area (Å²) >= 11 is 1.02. The van der Waals surface area contributed by atoms with Gasteiger partial charge in [-0.05, 0) is 46.5 Å². The Kier molecular flexibility index (Phi) is 9.59. The normalized spacial score (nSPS) is 18.5. The molecule has 1 fully saturated rings. The lowest BCUT2D eigenvalue weighted by Gasteiger charge is -2.50. The molecule has 0 bridgehead atoms. The monoisotopic (exact) mass is 731 g/mol. The van der Waals surface area contributed by atoms with E-state index in [9.17, 15) is 55.7 Å². The first-order chi connectivity index (χ1) is 25.2. The summed E-state index contributed by atoms with van der Waals surface area (Å²) in [4.78, 5) is 47.6. The molecule has 2 aliphatic rings. The van der Waals surface area contributed by atoms with Crippen molar-refractivity contribution in [1.82, 2.24) is 4.90 Å². The van der Waals surface area contributed by atoms with Crippen LogP contribution in [0.2, 0.25) is 0 Å². The zero-order chi connectivity index (χ0) is 38.1. The van der Waals surface area contributed by atoms with Crippen LogP contribution in [0.4, 0.5) is 11.4 Å². The number of nitrogens with zero attached hydrogens (tertiary/aromatic N) is 5. The van der Waals surface area contributed by atoms with Gasteiger partial charge in [-0.25, -0.2) is 4.79 Å². The van der Waals surface area contributed by atoms with Crippen molar-refractivity contribution in [2.24, 2.45) is 0 Å². The summed E-state index contributed by atoms with van der Waals surface area (Å²) in [6.07, 6.45) is -1.02. The van der Waals surface area contributed by atoms with E-state index in [1.54, 1.807) is 30.3 Å². The molecule has 2 aliphatic heterocycles. The smallest absolute Gasteiger partial charge is 0.353 e. The summed E-state index contributed by atoms with van der Waals surface area (Å²) < 4.78 is 0. The largest absolute Gasteiger partial charge is 0.477 e. The van der Waals surface area contributed by atoms with Crippen LogP contribution in [0.25, 0.3) is 0 Å². The zero-order valence-electron chi connectivity index (χ0n) is 27.7. The minimum absolute atomic E-state index is 0.118. The van der Waals surface area contributed by atoms with Crippen LogP contribution in [0, 0.1) is 42.9 Å². The number of nitro benzene ring substituents is 2.